The molecule has 3 N–H and O–H groups in total. The number of hydrogen-bond donors (Lipinski definition) is 2. The summed E-state index contributed by atoms with van der Waals surface area (Å²) < 4.78 is 6.26. The molecule has 6 rings (SSSR count). The van der Waals surface area contributed by atoms with Crippen LogP contribution in [-0.2, 0) is 19.1 Å². The first-order chi connectivity index (χ1) is 21.2. The highest BCUT2D eigenvalue weighted by Gasteiger charge is 2.57. The maximum absolute atomic E-state index is 14.4. The Hall–Kier alpha value is -3.48. The first-order valence-corrected chi connectivity index (χ1v) is 16.7. The van der Waals surface area contributed by atoms with Crippen LogP contribution in [0.3, 0.4) is 0 Å². The van der Waals surface area contributed by atoms with E-state index in [-0.39, 0.29) is 22.6 Å². The van der Waals surface area contributed by atoms with Gasteiger partial charge in [-0.05, 0) is 29.3 Å². The van der Waals surface area contributed by atoms with Crippen molar-refractivity contribution in [1.82, 2.24) is 15.2 Å². The van der Waals surface area contributed by atoms with Crippen LogP contribution in [0.25, 0.3) is 5.57 Å². The normalized spacial score (nSPS) is 19.4. The summed E-state index contributed by atoms with van der Waals surface area (Å²) >= 11 is 16.2. The number of nitrogen functional groups attached to an aromatic ring is 1. The third-order valence-corrected chi connectivity index (χ3v) is 11.3. The van der Waals surface area contributed by atoms with Crippen LogP contribution >= 0.6 is 58.1 Å². The van der Waals surface area contributed by atoms with Gasteiger partial charge in [-0.15, -0.1) is 23.5 Å². The zero-order valence-electron chi connectivity index (χ0n) is 23.0. The molecule has 2 amide bonds. The van der Waals surface area contributed by atoms with Crippen molar-refractivity contribution in [2.45, 2.75) is 33.9 Å². The van der Waals surface area contributed by atoms with Gasteiger partial charge < -0.3 is 15.8 Å². The van der Waals surface area contributed by atoms with Crippen LogP contribution in [0.5, 0.6) is 0 Å². The smallest absolute Gasteiger partial charge is 0.356 e. The van der Waals surface area contributed by atoms with Crippen molar-refractivity contribution < 1.29 is 19.1 Å². The fraction of sp³-hybridized carbons (Fsp3) is 0.161. The van der Waals surface area contributed by atoms with Crippen LogP contribution in [0.1, 0.15) is 29.0 Å². The number of hydrogen-bond acceptors (Lipinski definition) is 9. The van der Waals surface area contributed by atoms with E-state index >= 15 is 0 Å². The van der Waals surface area contributed by atoms with Gasteiger partial charge in [-0.2, -0.15) is 0 Å². The number of aromatic nitrogens is 1. The second-order valence-electron chi connectivity index (χ2n) is 9.86. The Bertz CT molecular complexity index is 1730. The molecule has 13 heteroatoms. The molecular weight excluding hydrogens is 659 g/mol. The number of carbonyl (C=O) groups excluding carboxylic acids is 3. The summed E-state index contributed by atoms with van der Waals surface area (Å²) in [6.45, 7) is 1.40. The number of nitrogens with zero attached hydrogens (tertiary/aromatic N) is 2. The second-order valence-corrected chi connectivity index (χ2v) is 14.2. The van der Waals surface area contributed by atoms with Crippen molar-refractivity contribution in [3.8, 4) is 0 Å². The van der Waals surface area contributed by atoms with E-state index in [1.54, 1.807) is 18.2 Å². The number of amides is 2. The van der Waals surface area contributed by atoms with Gasteiger partial charge in [0.1, 0.15) is 21.7 Å². The van der Waals surface area contributed by atoms with Crippen LogP contribution in [0.4, 0.5) is 5.13 Å². The van der Waals surface area contributed by atoms with Crippen molar-refractivity contribution in [3.63, 3.8) is 0 Å². The summed E-state index contributed by atoms with van der Waals surface area (Å²) in [4.78, 5) is 47.6. The van der Waals surface area contributed by atoms with Crippen LogP contribution in [0, 0.1) is 0 Å². The molecule has 3 atom stereocenters. The van der Waals surface area contributed by atoms with Gasteiger partial charge in [0.15, 0.2) is 11.2 Å². The van der Waals surface area contributed by atoms with Gasteiger partial charge in [-0.25, -0.2) is 9.78 Å². The number of nitrogens with two attached hydrogens (primary N) is 1. The number of benzene rings is 3. The fourth-order valence-corrected chi connectivity index (χ4v) is 9.09. The molecule has 1 fully saturated rings. The summed E-state index contributed by atoms with van der Waals surface area (Å²) in [6.07, 6.45) is 0.784. The number of nitrogens with one attached hydrogen (secondary N) is 1. The number of fused-ring (bicyclic) bond motifs is 1. The first-order valence-electron chi connectivity index (χ1n) is 13.4. The highest BCUT2D eigenvalue weighted by molar-refractivity contribution is 8.05. The fourth-order valence-electron chi connectivity index (χ4n) is 4.98. The van der Waals surface area contributed by atoms with Crippen LogP contribution in [0.15, 0.2) is 95.7 Å². The van der Waals surface area contributed by atoms with Gasteiger partial charge in [0.25, 0.3) is 0 Å². The van der Waals surface area contributed by atoms with Crippen LogP contribution in [0.2, 0.25) is 10.0 Å². The Morgan fingerprint density at radius 2 is 1.68 bits per heavy atom. The van der Waals surface area contributed by atoms with Crippen LogP contribution < -0.4 is 11.1 Å². The molecule has 2 aliphatic heterocycles. The summed E-state index contributed by atoms with van der Waals surface area (Å²) in [5.74, 6) is -1.29. The van der Waals surface area contributed by atoms with Crippen molar-refractivity contribution in [2.24, 2.45) is 0 Å². The summed E-state index contributed by atoms with van der Waals surface area (Å²) in [6, 6.07) is 23.9. The zero-order valence-corrected chi connectivity index (χ0v) is 26.9. The van der Waals surface area contributed by atoms with Crippen molar-refractivity contribution in [3.05, 3.63) is 117 Å². The van der Waals surface area contributed by atoms with Gasteiger partial charge in [0, 0.05) is 23.6 Å². The van der Waals surface area contributed by atoms with Gasteiger partial charge in [0.05, 0.1) is 14.9 Å². The predicted molar refractivity (Wildman–Crippen MR) is 176 cm³/mol. The molecule has 1 aromatic heterocycles. The number of thioether (sulfide) groups is 2. The number of halogens is 2. The Labute approximate surface area is 276 Å². The molecule has 224 valence electrons. The number of rotatable bonds is 8. The molecule has 0 aliphatic carbocycles. The maximum atomic E-state index is 14.4. The van der Waals surface area contributed by atoms with E-state index in [9.17, 15) is 14.4 Å². The molecule has 0 spiro atoms. The lowest BCUT2D eigenvalue weighted by atomic mass is 10.0. The quantitative estimate of drug-likeness (QED) is 0.158. The Balaban J connectivity index is 1.43. The highest BCUT2D eigenvalue weighted by Crippen LogP contribution is 2.52. The minimum absolute atomic E-state index is 0.0454. The zero-order chi connectivity index (χ0) is 31.0. The molecular formula is C31H24Cl2N4O4S3. The van der Waals surface area contributed by atoms with Gasteiger partial charge in [-0.1, -0.05) is 95.2 Å². The van der Waals surface area contributed by atoms with Crippen molar-refractivity contribution in [1.29, 1.82) is 0 Å². The lowest BCUT2D eigenvalue weighted by Gasteiger charge is -2.51. The minimum Gasteiger partial charge on any atom is -0.448 e. The van der Waals surface area contributed by atoms with Crippen LogP contribution in [-0.4, -0.2) is 43.7 Å². The average Bonchev–Trinajstić information content (AvgIpc) is 3.45. The van der Waals surface area contributed by atoms with E-state index in [0.29, 0.717) is 20.5 Å². The molecule has 3 heterocycles. The third-order valence-electron chi connectivity index (χ3n) is 6.93. The molecule has 3 unspecified atom stereocenters. The lowest BCUT2D eigenvalue weighted by Crippen LogP contribution is -2.65. The summed E-state index contributed by atoms with van der Waals surface area (Å²) in [5, 5.41) is 2.26. The van der Waals surface area contributed by atoms with E-state index in [4.69, 9.17) is 33.7 Å². The van der Waals surface area contributed by atoms with Gasteiger partial charge >= 0.3 is 5.97 Å². The number of β-lactam (4-membered cyclic amide) rings is 1. The average molecular weight is 684 g/mol. The molecule has 0 bridgehead atoms. The van der Waals surface area contributed by atoms with E-state index in [1.807, 2.05) is 60.7 Å². The second kappa shape index (κ2) is 12.9. The Kier molecular flexibility index (Phi) is 8.93. The topological polar surface area (TPSA) is 115 Å². The molecule has 1 saturated heterocycles. The predicted octanol–water partition coefficient (Wildman–Crippen LogP) is 6.61. The van der Waals surface area contributed by atoms with E-state index in [1.165, 1.54) is 41.5 Å². The molecule has 0 saturated carbocycles. The standard InChI is InChI=1S/C31H24Cl2N4O4S3/c1-16(38)36-27-23(22-15-35-31(34)43-22)24(30(40)41-25(17-8-4-2-5-9-17)18-10-6-3-7-11-18)37-28(39)26(29(37)44-27)42-19-12-13-20(32)21(33)14-19/h2-15,25-27,29H,1H3,(H2,34,35)(H,36,38). The number of anilines is 1. The van der Waals surface area contributed by atoms with Gasteiger partial charge in [0.2, 0.25) is 11.8 Å². The Morgan fingerprint density at radius 1 is 1.02 bits per heavy atom. The van der Waals surface area contributed by atoms with E-state index < -0.39 is 28.1 Å². The molecule has 2 aliphatic rings. The molecule has 4 aromatic rings. The summed E-state index contributed by atoms with van der Waals surface area (Å²) in [5.41, 5.74) is 7.97. The molecule has 8 nitrogen and oxygen atoms in total. The molecule has 44 heavy (non-hydrogen) atoms. The first kappa shape index (κ1) is 30.5. The van der Waals surface area contributed by atoms with E-state index in [2.05, 4.69) is 10.3 Å². The lowest BCUT2D eigenvalue weighted by molar-refractivity contribution is -0.151. The monoisotopic (exact) mass is 682 g/mol. The number of esters is 1. The van der Waals surface area contributed by atoms with E-state index in [0.717, 1.165) is 27.4 Å². The largest absolute Gasteiger partial charge is 0.448 e. The minimum atomic E-state index is -0.754. The number of thiazole rings is 1. The third kappa shape index (κ3) is 6.07. The number of ether oxygens (including phenoxy) is 1. The summed E-state index contributed by atoms with van der Waals surface area (Å²) in [7, 11) is 0. The van der Waals surface area contributed by atoms with Gasteiger partial charge in [-0.3, -0.25) is 14.5 Å². The highest BCUT2D eigenvalue weighted by atomic mass is 35.5. The molecule has 0 radical (unpaired) electrons. The number of carbonyl (C=O) groups is 3. The Morgan fingerprint density at radius 3 is 2.25 bits per heavy atom. The van der Waals surface area contributed by atoms with Crippen molar-refractivity contribution >= 4 is 86.6 Å². The maximum Gasteiger partial charge on any atom is 0.356 e. The van der Waals surface area contributed by atoms with Crippen molar-refractivity contribution in [2.75, 3.05) is 5.73 Å². The molecule has 3 aromatic carbocycles. The SMILES string of the molecule is CC(=O)NC1SC2C(Sc3ccc(Cl)c(Cl)c3)C(=O)N2C(C(=O)OC(c2ccccc2)c2ccccc2)=C1c1cnc(N)s1.